The van der Waals surface area contributed by atoms with Gasteiger partial charge in [0.2, 0.25) is 5.91 Å². The van der Waals surface area contributed by atoms with Crippen LogP contribution in [0.5, 0.6) is 0 Å². The highest BCUT2D eigenvalue weighted by atomic mass is 35.5. The Morgan fingerprint density at radius 2 is 1.95 bits per heavy atom. The van der Waals surface area contributed by atoms with Gasteiger partial charge in [0.05, 0.1) is 6.04 Å². The van der Waals surface area contributed by atoms with Gasteiger partial charge in [-0.3, -0.25) is 4.79 Å². The van der Waals surface area contributed by atoms with E-state index in [4.69, 9.17) is 5.73 Å². The predicted octanol–water partition coefficient (Wildman–Crippen LogP) is 2.67. The van der Waals surface area contributed by atoms with Gasteiger partial charge < -0.3 is 11.1 Å². The fourth-order valence-corrected chi connectivity index (χ4v) is 2.78. The van der Waals surface area contributed by atoms with Crippen molar-refractivity contribution in [1.82, 2.24) is 5.32 Å². The number of carbonyl (C=O) groups excluding carboxylic acids is 1. The topological polar surface area (TPSA) is 55.1 Å². The average Bonchev–Trinajstić information content (AvgIpc) is 2.42. The molecule has 20 heavy (non-hydrogen) atoms. The molecule has 0 bridgehead atoms. The monoisotopic (exact) mass is 296 g/mol. The first-order valence-electron chi connectivity index (χ1n) is 7.26. The zero-order chi connectivity index (χ0) is 13.7. The molecule has 3 unspecified atom stereocenters. The number of nitrogens with one attached hydrogen (secondary N) is 1. The lowest BCUT2D eigenvalue weighted by Crippen LogP contribution is -2.49. The zero-order valence-electron chi connectivity index (χ0n) is 12.0. The second-order valence-electron chi connectivity index (χ2n) is 5.67. The van der Waals surface area contributed by atoms with E-state index in [2.05, 4.69) is 12.2 Å². The fraction of sp³-hybridized carbons (Fsp3) is 0.562. The first-order valence-corrected chi connectivity index (χ1v) is 7.26. The van der Waals surface area contributed by atoms with Gasteiger partial charge in [0.25, 0.3) is 0 Å². The first kappa shape index (κ1) is 17.0. The van der Waals surface area contributed by atoms with Gasteiger partial charge in [0.15, 0.2) is 0 Å². The largest absolute Gasteiger partial charge is 0.352 e. The number of nitrogens with two attached hydrogens (primary N) is 1. The molecule has 1 amide bonds. The highest BCUT2D eigenvalue weighted by molar-refractivity contribution is 5.85. The Hall–Kier alpha value is -1.06. The number of benzene rings is 1. The van der Waals surface area contributed by atoms with Crippen LogP contribution < -0.4 is 11.1 Å². The summed E-state index contributed by atoms with van der Waals surface area (Å²) in [5.41, 5.74) is 7.11. The second-order valence-corrected chi connectivity index (χ2v) is 5.67. The molecule has 0 heterocycles. The Bertz CT molecular complexity index is 410. The Morgan fingerprint density at radius 3 is 2.60 bits per heavy atom. The van der Waals surface area contributed by atoms with Crippen molar-refractivity contribution in [3.63, 3.8) is 0 Å². The molecule has 0 aliphatic heterocycles. The lowest BCUT2D eigenvalue weighted by atomic mass is 9.86. The molecule has 3 atom stereocenters. The van der Waals surface area contributed by atoms with Crippen LogP contribution in [0, 0.1) is 5.92 Å². The lowest BCUT2D eigenvalue weighted by Gasteiger charge is -2.30. The van der Waals surface area contributed by atoms with Crippen LogP contribution in [-0.4, -0.2) is 18.0 Å². The average molecular weight is 297 g/mol. The van der Waals surface area contributed by atoms with Gasteiger partial charge in [-0.05, 0) is 30.7 Å². The Labute approximate surface area is 127 Å². The van der Waals surface area contributed by atoms with Gasteiger partial charge in [-0.15, -0.1) is 12.4 Å². The Morgan fingerprint density at radius 1 is 1.30 bits per heavy atom. The van der Waals surface area contributed by atoms with Crippen LogP contribution in [0.15, 0.2) is 30.3 Å². The van der Waals surface area contributed by atoms with E-state index in [0.717, 1.165) is 12.0 Å². The third-order valence-electron chi connectivity index (χ3n) is 4.07. The Kier molecular flexibility index (Phi) is 7.03. The summed E-state index contributed by atoms with van der Waals surface area (Å²) >= 11 is 0. The highest BCUT2D eigenvalue weighted by Gasteiger charge is 2.24. The van der Waals surface area contributed by atoms with Crippen LogP contribution in [0.1, 0.15) is 38.2 Å². The maximum atomic E-state index is 12.1. The molecule has 0 spiro atoms. The van der Waals surface area contributed by atoms with Gasteiger partial charge in [-0.1, -0.05) is 50.1 Å². The van der Waals surface area contributed by atoms with E-state index < -0.39 is 6.04 Å². The van der Waals surface area contributed by atoms with E-state index >= 15 is 0 Å². The standard InChI is InChI=1S/C16H24N2O.ClH/c1-12-7-5-6-10-15(12)18-16(19)14(17)11-13-8-3-2-4-9-13;/h2-4,8-9,12,14-15H,5-7,10-11,17H2,1H3,(H,18,19);1H. The second kappa shape index (κ2) is 8.28. The van der Waals surface area contributed by atoms with Crippen molar-refractivity contribution >= 4 is 18.3 Å². The van der Waals surface area contributed by atoms with Gasteiger partial charge in [-0.2, -0.15) is 0 Å². The summed E-state index contributed by atoms with van der Waals surface area (Å²) in [4.78, 5) is 12.1. The molecule has 1 aliphatic carbocycles. The summed E-state index contributed by atoms with van der Waals surface area (Å²) in [7, 11) is 0. The van der Waals surface area contributed by atoms with E-state index in [9.17, 15) is 4.79 Å². The number of halogens is 1. The molecular formula is C16H25ClN2O. The van der Waals surface area contributed by atoms with Crippen molar-refractivity contribution in [1.29, 1.82) is 0 Å². The van der Waals surface area contributed by atoms with Crippen molar-refractivity contribution in [2.45, 2.75) is 51.1 Å². The molecule has 1 fully saturated rings. The molecule has 1 aliphatic rings. The molecule has 0 aromatic heterocycles. The number of carbonyl (C=O) groups is 1. The minimum atomic E-state index is -0.448. The molecule has 3 N–H and O–H groups in total. The number of rotatable bonds is 4. The lowest BCUT2D eigenvalue weighted by molar-refractivity contribution is -0.123. The van der Waals surface area contributed by atoms with Crippen LogP contribution >= 0.6 is 12.4 Å². The van der Waals surface area contributed by atoms with Crippen LogP contribution in [0.4, 0.5) is 0 Å². The fourth-order valence-electron chi connectivity index (χ4n) is 2.78. The predicted molar refractivity (Wildman–Crippen MR) is 84.9 cm³/mol. The SMILES string of the molecule is CC1CCCCC1NC(=O)C(N)Cc1ccccc1.Cl. The van der Waals surface area contributed by atoms with E-state index in [1.54, 1.807) is 0 Å². The van der Waals surface area contributed by atoms with Gasteiger partial charge >= 0.3 is 0 Å². The smallest absolute Gasteiger partial charge is 0.237 e. The number of hydrogen-bond donors (Lipinski definition) is 2. The summed E-state index contributed by atoms with van der Waals surface area (Å²) in [6, 6.07) is 9.80. The van der Waals surface area contributed by atoms with E-state index in [1.165, 1.54) is 19.3 Å². The quantitative estimate of drug-likeness (QED) is 0.897. The molecule has 1 saturated carbocycles. The summed E-state index contributed by atoms with van der Waals surface area (Å²) < 4.78 is 0. The molecule has 1 aromatic carbocycles. The van der Waals surface area contributed by atoms with Crippen LogP contribution in [0.2, 0.25) is 0 Å². The summed E-state index contributed by atoms with van der Waals surface area (Å²) in [5.74, 6) is 0.559. The molecular weight excluding hydrogens is 272 g/mol. The van der Waals surface area contributed by atoms with Crippen molar-refractivity contribution in [2.24, 2.45) is 11.7 Å². The highest BCUT2D eigenvalue weighted by Crippen LogP contribution is 2.23. The molecule has 112 valence electrons. The number of hydrogen-bond acceptors (Lipinski definition) is 2. The van der Waals surface area contributed by atoms with Crippen LogP contribution in [0.25, 0.3) is 0 Å². The number of amides is 1. The summed E-state index contributed by atoms with van der Waals surface area (Å²) in [6.07, 6.45) is 5.39. The van der Waals surface area contributed by atoms with E-state index in [0.29, 0.717) is 18.4 Å². The normalized spacial score (nSPS) is 23.5. The molecule has 0 saturated heterocycles. The van der Waals surface area contributed by atoms with Crippen molar-refractivity contribution in [3.05, 3.63) is 35.9 Å². The molecule has 4 heteroatoms. The van der Waals surface area contributed by atoms with Crippen LogP contribution in [-0.2, 0) is 11.2 Å². The third-order valence-corrected chi connectivity index (χ3v) is 4.07. The minimum absolute atomic E-state index is 0. The zero-order valence-corrected chi connectivity index (χ0v) is 12.9. The van der Waals surface area contributed by atoms with E-state index in [-0.39, 0.29) is 18.3 Å². The van der Waals surface area contributed by atoms with Crippen molar-refractivity contribution in [3.8, 4) is 0 Å². The summed E-state index contributed by atoms with van der Waals surface area (Å²) in [5, 5.41) is 3.12. The van der Waals surface area contributed by atoms with Gasteiger partial charge in [0, 0.05) is 6.04 Å². The van der Waals surface area contributed by atoms with Crippen molar-refractivity contribution < 1.29 is 4.79 Å². The van der Waals surface area contributed by atoms with Crippen molar-refractivity contribution in [2.75, 3.05) is 0 Å². The molecule has 1 aromatic rings. The van der Waals surface area contributed by atoms with Gasteiger partial charge in [-0.25, -0.2) is 0 Å². The molecule has 2 rings (SSSR count). The van der Waals surface area contributed by atoms with E-state index in [1.807, 2.05) is 30.3 Å². The molecule has 3 nitrogen and oxygen atoms in total. The minimum Gasteiger partial charge on any atom is -0.352 e. The maximum absolute atomic E-state index is 12.1. The van der Waals surface area contributed by atoms with Crippen LogP contribution in [0.3, 0.4) is 0 Å². The Balaban J connectivity index is 0.00000200. The first-order chi connectivity index (χ1) is 9.16. The molecule has 0 radical (unpaired) electrons. The van der Waals surface area contributed by atoms with Gasteiger partial charge in [0.1, 0.15) is 0 Å². The maximum Gasteiger partial charge on any atom is 0.237 e. The third kappa shape index (κ3) is 4.80. The summed E-state index contributed by atoms with van der Waals surface area (Å²) in [6.45, 7) is 2.22.